The van der Waals surface area contributed by atoms with Crippen LogP contribution in [0.15, 0.2) is 12.3 Å². The highest BCUT2D eigenvalue weighted by Crippen LogP contribution is 2.31. The number of hydrazine groups is 1. The molecule has 0 bridgehead atoms. The van der Waals surface area contributed by atoms with Crippen LogP contribution < -0.4 is 10.9 Å². The standard InChI is InChI=1S/C11H10Cl2F3N3O2/c12-2-1-9(20)18-19-10(21)4-8-7(13)3-6(5-17-8)11(14,15)16/h3,5H,1-2,4H2,(H,18,20)(H,19,21). The van der Waals surface area contributed by atoms with Gasteiger partial charge in [-0.1, -0.05) is 11.6 Å². The highest BCUT2D eigenvalue weighted by Gasteiger charge is 2.31. The van der Waals surface area contributed by atoms with Crippen LogP contribution in [0.1, 0.15) is 17.7 Å². The van der Waals surface area contributed by atoms with Gasteiger partial charge in [0.1, 0.15) is 0 Å². The molecular weight excluding hydrogens is 334 g/mol. The van der Waals surface area contributed by atoms with Crippen molar-refractivity contribution < 1.29 is 22.8 Å². The zero-order valence-electron chi connectivity index (χ0n) is 10.4. The number of alkyl halides is 4. The molecule has 1 aromatic rings. The summed E-state index contributed by atoms with van der Waals surface area (Å²) in [5.41, 5.74) is 3.11. The number of carbonyl (C=O) groups is 2. The molecule has 0 fully saturated rings. The van der Waals surface area contributed by atoms with Crippen molar-refractivity contribution in [2.45, 2.75) is 19.0 Å². The average molecular weight is 344 g/mol. The van der Waals surface area contributed by atoms with Gasteiger partial charge >= 0.3 is 6.18 Å². The lowest BCUT2D eigenvalue weighted by molar-refractivity contribution is -0.137. The molecule has 0 radical (unpaired) electrons. The minimum Gasteiger partial charge on any atom is -0.273 e. The first-order valence-electron chi connectivity index (χ1n) is 5.59. The van der Waals surface area contributed by atoms with Crippen molar-refractivity contribution in [3.05, 3.63) is 28.5 Å². The van der Waals surface area contributed by atoms with Crippen LogP contribution in [0.2, 0.25) is 5.02 Å². The normalized spacial score (nSPS) is 11.1. The van der Waals surface area contributed by atoms with E-state index < -0.39 is 23.6 Å². The molecule has 1 aromatic heterocycles. The number of amides is 2. The van der Waals surface area contributed by atoms with E-state index in [0.29, 0.717) is 12.3 Å². The number of hydrogen-bond acceptors (Lipinski definition) is 3. The molecule has 0 aliphatic rings. The Labute approximate surface area is 127 Å². The summed E-state index contributed by atoms with van der Waals surface area (Å²) < 4.78 is 37.2. The fourth-order valence-corrected chi connectivity index (χ4v) is 1.64. The van der Waals surface area contributed by atoms with Crippen molar-refractivity contribution in [2.24, 2.45) is 0 Å². The molecule has 5 nitrogen and oxygen atoms in total. The van der Waals surface area contributed by atoms with E-state index in [0.717, 1.165) is 0 Å². The Morgan fingerprint density at radius 1 is 1.24 bits per heavy atom. The van der Waals surface area contributed by atoms with Gasteiger partial charge in [-0.3, -0.25) is 25.4 Å². The van der Waals surface area contributed by atoms with E-state index >= 15 is 0 Å². The predicted octanol–water partition coefficient (Wildman–Crippen LogP) is 2.07. The number of nitrogens with one attached hydrogen (secondary N) is 2. The summed E-state index contributed by atoms with van der Waals surface area (Å²) in [6.07, 6.45) is -4.34. The summed E-state index contributed by atoms with van der Waals surface area (Å²) in [5, 5.41) is -0.285. The molecule has 2 amide bonds. The Kier molecular flexibility index (Phi) is 6.22. The summed E-state index contributed by atoms with van der Waals surface area (Å²) in [7, 11) is 0. The molecule has 1 rings (SSSR count). The lowest BCUT2D eigenvalue weighted by Gasteiger charge is -2.10. The molecule has 0 aromatic carbocycles. The van der Waals surface area contributed by atoms with Gasteiger partial charge in [0, 0.05) is 18.5 Å². The molecule has 0 saturated heterocycles. The van der Waals surface area contributed by atoms with Gasteiger partial charge in [-0.15, -0.1) is 11.6 Å². The van der Waals surface area contributed by atoms with Crippen LogP contribution in [0.4, 0.5) is 13.2 Å². The first-order valence-corrected chi connectivity index (χ1v) is 6.50. The number of hydrogen-bond donors (Lipinski definition) is 2. The van der Waals surface area contributed by atoms with Gasteiger partial charge < -0.3 is 0 Å². The van der Waals surface area contributed by atoms with Gasteiger partial charge in [0.2, 0.25) is 11.8 Å². The van der Waals surface area contributed by atoms with Gasteiger partial charge in [-0.2, -0.15) is 13.2 Å². The smallest absolute Gasteiger partial charge is 0.273 e. The highest BCUT2D eigenvalue weighted by molar-refractivity contribution is 6.31. The van der Waals surface area contributed by atoms with Gasteiger partial charge in [-0.25, -0.2) is 0 Å². The molecule has 0 unspecified atom stereocenters. The number of carbonyl (C=O) groups excluding carboxylic acids is 2. The predicted molar refractivity (Wildman–Crippen MR) is 69.6 cm³/mol. The molecule has 2 N–H and O–H groups in total. The fraction of sp³-hybridized carbons (Fsp3) is 0.364. The first kappa shape index (κ1) is 17.5. The lowest BCUT2D eigenvalue weighted by atomic mass is 10.2. The largest absolute Gasteiger partial charge is 0.417 e. The molecule has 0 saturated carbocycles. The Morgan fingerprint density at radius 2 is 1.86 bits per heavy atom. The van der Waals surface area contributed by atoms with Gasteiger partial charge in [0.15, 0.2) is 0 Å². The fourth-order valence-electron chi connectivity index (χ4n) is 1.24. The average Bonchev–Trinajstić information content (AvgIpc) is 2.38. The van der Waals surface area contributed by atoms with E-state index in [1.165, 1.54) is 0 Å². The maximum absolute atomic E-state index is 12.4. The molecule has 1 heterocycles. The third-order valence-electron chi connectivity index (χ3n) is 2.24. The van der Waals surface area contributed by atoms with E-state index in [-0.39, 0.29) is 29.4 Å². The zero-order chi connectivity index (χ0) is 16.0. The zero-order valence-corrected chi connectivity index (χ0v) is 11.9. The summed E-state index contributed by atoms with van der Waals surface area (Å²) >= 11 is 11.0. The van der Waals surface area contributed by atoms with Gasteiger partial charge in [-0.05, 0) is 6.07 Å². The second-order valence-corrected chi connectivity index (χ2v) is 4.65. The van der Waals surface area contributed by atoms with Crippen molar-refractivity contribution in [3.8, 4) is 0 Å². The van der Waals surface area contributed by atoms with Crippen LogP contribution in [-0.4, -0.2) is 22.7 Å². The molecular formula is C11H10Cl2F3N3O2. The minimum absolute atomic E-state index is 0.0150. The molecule has 0 atom stereocenters. The quantitative estimate of drug-likeness (QED) is 0.649. The molecule has 0 spiro atoms. The van der Waals surface area contributed by atoms with Crippen LogP contribution in [0.5, 0.6) is 0 Å². The van der Waals surface area contributed by atoms with Crippen molar-refractivity contribution in [2.75, 3.05) is 5.88 Å². The van der Waals surface area contributed by atoms with Crippen molar-refractivity contribution in [3.63, 3.8) is 0 Å². The van der Waals surface area contributed by atoms with Crippen LogP contribution in [-0.2, 0) is 22.2 Å². The Morgan fingerprint density at radius 3 is 2.38 bits per heavy atom. The Hall–Kier alpha value is -1.54. The van der Waals surface area contributed by atoms with E-state index in [1.54, 1.807) is 0 Å². The Balaban J connectivity index is 2.63. The monoisotopic (exact) mass is 343 g/mol. The Bertz CT molecular complexity index is 538. The summed E-state index contributed by atoms with van der Waals surface area (Å²) in [5.74, 6) is -1.08. The maximum atomic E-state index is 12.4. The summed E-state index contributed by atoms with van der Waals surface area (Å²) in [6.45, 7) is 0. The van der Waals surface area contributed by atoms with E-state index in [4.69, 9.17) is 23.2 Å². The highest BCUT2D eigenvalue weighted by atomic mass is 35.5. The SMILES string of the molecule is O=C(CCCl)NNC(=O)Cc1ncc(C(F)(F)F)cc1Cl. The van der Waals surface area contributed by atoms with Crippen molar-refractivity contribution in [1.29, 1.82) is 0 Å². The number of pyridine rings is 1. The molecule has 0 aliphatic heterocycles. The van der Waals surface area contributed by atoms with Crippen LogP contribution in [0.25, 0.3) is 0 Å². The van der Waals surface area contributed by atoms with E-state index in [9.17, 15) is 22.8 Å². The first-order chi connectivity index (χ1) is 9.74. The third-order valence-corrected chi connectivity index (χ3v) is 2.75. The minimum atomic E-state index is -4.56. The summed E-state index contributed by atoms with van der Waals surface area (Å²) in [4.78, 5) is 26.0. The summed E-state index contributed by atoms with van der Waals surface area (Å²) in [6, 6.07) is 0.684. The molecule has 21 heavy (non-hydrogen) atoms. The van der Waals surface area contributed by atoms with Crippen molar-refractivity contribution in [1.82, 2.24) is 15.8 Å². The van der Waals surface area contributed by atoms with Crippen molar-refractivity contribution >= 4 is 35.0 Å². The third kappa shape index (κ3) is 5.76. The second kappa shape index (κ2) is 7.46. The van der Waals surface area contributed by atoms with E-state index in [2.05, 4.69) is 15.8 Å². The number of nitrogens with zero attached hydrogens (tertiary/aromatic N) is 1. The van der Waals surface area contributed by atoms with Gasteiger partial charge in [0.25, 0.3) is 0 Å². The topological polar surface area (TPSA) is 71.1 Å². The van der Waals surface area contributed by atoms with Crippen LogP contribution >= 0.6 is 23.2 Å². The second-order valence-electron chi connectivity index (χ2n) is 3.86. The van der Waals surface area contributed by atoms with E-state index in [1.807, 2.05) is 0 Å². The maximum Gasteiger partial charge on any atom is 0.417 e. The van der Waals surface area contributed by atoms with Crippen LogP contribution in [0, 0.1) is 0 Å². The van der Waals surface area contributed by atoms with Crippen LogP contribution in [0.3, 0.4) is 0 Å². The van der Waals surface area contributed by atoms with Gasteiger partial charge in [0.05, 0.1) is 22.7 Å². The lowest BCUT2D eigenvalue weighted by Crippen LogP contribution is -2.42. The molecule has 10 heteroatoms. The molecule has 116 valence electrons. The number of halogens is 5. The molecule has 0 aliphatic carbocycles. The number of rotatable bonds is 4. The number of aromatic nitrogens is 1.